The molecule has 0 bridgehead atoms. The second-order valence-corrected chi connectivity index (χ2v) is 2.70. The maximum atomic E-state index is 8.19. The molecule has 0 aromatic heterocycles. The summed E-state index contributed by atoms with van der Waals surface area (Å²) in [5.74, 6) is 0. The van der Waals surface area contributed by atoms with E-state index in [0.717, 1.165) is 12.8 Å². The number of hydrogen-bond acceptors (Lipinski definition) is 1. The van der Waals surface area contributed by atoms with Gasteiger partial charge in [-0.3, -0.25) is 0 Å². The van der Waals surface area contributed by atoms with Crippen LogP contribution in [0, 0.1) is 11.3 Å². The Morgan fingerprint density at radius 1 is 1.08 bits per heavy atom. The lowest BCUT2D eigenvalue weighted by atomic mass is 10.2. The van der Waals surface area contributed by atoms with Gasteiger partial charge in [0.15, 0.2) is 0 Å². The number of nitriles is 1. The summed E-state index contributed by atoms with van der Waals surface area (Å²) in [4.78, 5) is 0. The summed E-state index contributed by atoms with van der Waals surface area (Å²) in [6.07, 6.45) is 13.7. The number of nitrogens with zero attached hydrogens (tertiary/aromatic N) is 1. The van der Waals surface area contributed by atoms with Gasteiger partial charge in [-0.1, -0.05) is 25.2 Å². The van der Waals surface area contributed by atoms with Crippen LogP contribution in [0.4, 0.5) is 0 Å². The lowest BCUT2D eigenvalue weighted by molar-refractivity contribution is 0.761. The highest BCUT2D eigenvalue weighted by Crippen LogP contribution is 2.01. The Bertz CT molecular complexity index is 172. The Balaban J connectivity index is 3.07. The first kappa shape index (κ1) is 11.0. The number of unbranched alkanes of at least 4 members (excludes halogenated alkanes) is 3. The van der Waals surface area contributed by atoms with Crippen LogP contribution >= 0.6 is 0 Å². The van der Waals surface area contributed by atoms with Crippen LogP contribution in [0.15, 0.2) is 24.3 Å². The van der Waals surface area contributed by atoms with E-state index in [-0.39, 0.29) is 0 Å². The molecule has 0 aliphatic heterocycles. The van der Waals surface area contributed by atoms with Crippen molar-refractivity contribution in [3.8, 4) is 6.07 Å². The Morgan fingerprint density at radius 3 is 2.33 bits per heavy atom. The van der Waals surface area contributed by atoms with Gasteiger partial charge in [0.1, 0.15) is 0 Å². The standard InChI is InChI=1S/C11H17N/c1-2-3-4-5-6-7-8-9-10-11-12/h3-4,9-10H,2,5-8H2,1H3/b4-3+,10-9+. The van der Waals surface area contributed by atoms with Crippen molar-refractivity contribution in [2.45, 2.75) is 39.0 Å². The SMILES string of the molecule is CC/C=C/CCCC/C=C/C#N. The molecule has 1 heteroatoms. The molecule has 0 saturated carbocycles. The highest BCUT2D eigenvalue weighted by atomic mass is 14.2. The Morgan fingerprint density at radius 2 is 1.75 bits per heavy atom. The van der Waals surface area contributed by atoms with E-state index < -0.39 is 0 Å². The quantitative estimate of drug-likeness (QED) is 0.333. The van der Waals surface area contributed by atoms with Gasteiger partial charge in [-0.25, -0.2) is 0 Å². The van der Waals surface area contributed by atoms with Crippen molar-refractivity contribution in [1.29, 1.82) is 5.26 Å². The van der Waals surface area contributed by atoms with Crippen molar-refractivity contribution in [2.75, 3.05) is 0 Å². The third kappa shape index (κ3) is 8.97. The van der Waals surface area contributed by atoms with Crippen molar-refractivity contribution in [2.24, 2.45) is 0 Å². The summed E-state index contributed by atoms with van der Waals surface area (Å²) in [5, 5.41) is 8.19. The van der Waals surface area contributed by atoms with Crippen LogP contribution in [0.2, 0.25) is 0 Å². The average Bonchev–Trinajstić information content (AvgIpc) is 2.10. The maximum absolute atomic E-state index is 8.19. The molecule has 0 aliphatic carbocycles. The third-order valence-electron chi connectivity index (χ3n) is 1.59. The third-order valence-corrected chi connectivity index (χ3v) is 1.59. The molecule has 0 radical (unpaired) electrons. The fourth-order valence-corrected chi connectivity index (χ4v) is 0.945. The van der Waals surface area contributed by atoms with Gasteiger partial charge in [0.05, 0.1) is 6.07 Å². The highest BCUT2D eigenvalue weighted by molar-refractivity contribution is 5.01. The molecule has 0 aromatic carbocycles. The molecule has 0 heterocycles. The number of rotatable bonds is 6. The molecule has 0 amide bonds. The van der Waals surface area contributed by atoms with Gasteiger partial charge in [0.25, 0.3) is 0 Å². The molecular weight excluding hydrogens is 146 g/mol. The maximum Gasteiger partial charge on any atom is 0.0908 e. The van der Waals surface area contributed by atoms with Crippen molar-refractivity contribution >= 4 is 0 Å². The van der Waals surface area contributed by atoms with Gasteiger partial charge in [-0.2, -0.15) is 5.26 Å². The molecule has 0 N–H and O–H groups in total. The van der Waals surface area contributed by atoms with Crippen LogP contribution in [0.5, 0.6) is 0 Å². The Hall–Kier alpha value is -1.03. The summed E-state index contributed by atoms with van der Waals surface area (Å²) >= 11 is 0. The topological polar surface area (TPSA) is 23.8 Å². The van der Waals surface area contributed by atoms with E-state index in [9.17, 15) is 0 Å². The number of allylic oxidation sites excluding steroid dienone is 4. The molecule has 0 saturated heterocycles. The normalized spacial score (nSPS) is 11.0. The second-order valence-electron chi connectivity index (χ2n) is 2.70. The Kier molecular flexibility index (Phi) is 9.11. The van der Waals surface area contributed by atoms with Crippen molar-refractivity contribution in [3.63, 3.8) is 0 Å². The smallest absolute Gasteiger partial charge is 0.0908 e. The van der Waals surface area contributed by atoms with E-state index in [1.54, 1.807) is 6.08 Å². The summed E-state index contributed by atoms with van der Waals surface area (Å²) in [6, 6.07) is 1.98. The lowest BCUT2D eigenvalue weighted by Gasteiger charge is -1.91. The molecule has 0 aliphatic rings. The zero-order valence-corrected chi connectivity index (χ0v) is 7.79. The van der Waals surface area contributed by atoms with Gasteiger partial charge < -0.3 is 0 Å². The summed E-state index contributed by atoms with van der Waals surface area (Å²) in [7, 11) is 0. The number of hydrogen-bond donors (Lipinski definition) is 0. The molecule has 1 nitrogen and oxygen atoms in total. The van der Waals surface area contributed by atoms with E-state index in [1.165, 1.54) is 19.3 Å². The van der Waals surface area contributed by atoms with Crippen molar-refractivity contribution in [3.05, 3.63) is 24.3 Å². The van der Waals surface area contributed by atoms with Crippen LogP contribution in [-0.4, -0.2) is 0 Å². The predicted molar refractivity (Wildman–Crippen MR) is 52.7 cm³/mol. The average molecular weight is 163 g/mol. The zero-order chi connectivity index (χ0) is 9.07. The van der Waals surface area contributed by atoms with Gasteiger partial charge in [0.2, 0.25) is 0 Å². The van der Waals surface area contributed by atoms with Gasteiger partial charge in [-0.15, -0.1) is 0 Å². The highest BCUT2D eigenvalue weighted by Gasteiger charge is 1.82. The van der Waals surface area contributed by atoms with Crippen molar-refractivity contribution < 1.29 is 0 Å². The molecule has 0 unspecified atom stereocenters. The largest absolute Gasteiger partial charge is 0.193 e. The fourth-order valence-electron chi connectivity index (χ4n) is 0.945. The monoisotopic (exact) mass is 163 g/mol. The first-order valence-electron chi connectivity index (χ1n) is 4.61. The minimum atomic E-state index is 1.04. The van der Waals surface area contributed by atoms with Gasteiger partial charge in [-0.05, 0) is 32.1 Å². The molecule has 0 spiro atoms. The predicted octanol–water partition coefficient (Wildman–Crippen LogP) is 3.59. The molecule has 12 heavy (non-hydrogen) atoms. The van der Waals surface area contributed by atoms with Gasteiger partial charge >= 0.3 is 0 Å². The van der Waals surface area contributed by atoms with Crippen LogP contribution in [0.25, 0.3) is 0 Å². The first-order valence-corrected chi connectivity index (χ1v) is 4.61. The summed E-state index contributed by atoms with van der Waals surface area (Å²) in [6.45, 7) is 2.14. The molecule has 0 rings (SSSR count). The molecule has 0 fully saturated rings. The first-order chi connectivity index (χ1) is 5.91. The van der Waals surface area contributed by atoms with E-state index in [1.807, 2.05) is 12.1 Å². The lowest BCUT2D eigenvalue weighted by Crippen LogP contribution is -1.71. The zero-order valence-electron chi connectivity index (χ0n) is 7.79. The molecule has 0 atom stereocenters. The molecule has 66 valence electrons. The molecular formula is C11H17N. The van der Waals surface area contributed by atoms with E-state index in [2.05, 4.69) is 19.1 Å². The second kappa shape index (κ2) is 9.97. The minimum absolute atomic E-state index is 1.04. The van der Waals surface area contributed by atoms with E-state index >= 15 is 0 Å². The van der Waals surface area contributed by atoms with Crippen LogP contribution in [-0.2, 0) is 0 Å². The molecule has 0 aromatic rings. The summed E-state index contributed by atoms with van der Waals surface area (Å²) < 4.78 is 0. The fraction of sp³-hybridized carbons (Fsp3) is 0.545. The van der Waals surface area contributed by atoms with Gasteiger partial charge in [0, 0.05) is 6.08 Å². The minimum Gasteiger partial charge on any atom is -0.193 e. The van der Waals surface area contributed by atoms with Crippen LogP contribution in [0.3, 0.4) is 0 Å². The Labute approximate surface area is 75.4 Å². The van der Waals surface area contributed by atoms with E-state index in [4.69, 9.17) is 5.26 Å². The van der Waals surface area contributed by atoms with Crippen LogP contribution in [0.1, 0.15) is 39.0 Å². The van der Waals surface area contributed by atoms with E-state index in [0.29, 0.717) is 0 Å². The van der Waals surface area contributed by atoms with Crippen molar-refractivity contribution in [1.82, 2.24) is 0 Å². The summed E-state index contributed by atoms with van der Waals surface area (Å²) in [5.41, 5.74) is 0. The van der Waals surface area contributed by atoms with Crippen LogP contribution < -0.4 is 0 Å².